The van der Waals surface area contributed by atoms with Crippen molar-refractivity contribution >= 4 is 29.4 Å². The summed E-state index contributed by atoms with van der Waals surface area (Å²) in [4.78, 5) is 51.9. The van der Waals surface area contributed by atoms with Gasteiger partial charge in [-0.2, -0.15) is 0 Å². The van der Waals surface area contributed by atoms with Gasteiger partial charge in [0.15, 0.2) is 6.61 Å². The van der Waals surface area contributed by atoms with Crippen LogP contribution in [0.4, 0.5) is 5.69 Å². The molecule has 0 radical (unpaired) electrons. The van der Waals surface area contributed by atoms with Crippen molar-refractivity contribution in [2.75, 3.05) is 11.9 Å². The molecule has 1 N–H and O–H groups in total. The van der Waals surface area contributed by atoms with E-state index in [1.54, 1.807) is 13.0 Å². The molecule has 0 saturated heterocycles. The van der Waals surface area contributed by atoms with Crippen molar-refractivity contribution in [3.8, 4) is 0 Å². The van der Waals surface area contributed by atoms with Gasteiger partial charge < -0.3 is 10.1 Å². The molecule has 7 heteroatoms. The zero-order valence-electron chi connectivity index (χ0n) is 19.1. The summed E-state index contributed by atoms with van der Waals surface area (Å²) in [5, 5.41) is 2.72. The number of rotatable bonds is 6. The number of fused-ring (bicyclic) bond motifs is 1. The van der Waals surface area contributed by atoms with Crippen LogP contribution < -0.4 is 5.32 Å². The van der Waals surface area contributed by atoms with Crippen molar-refractivity contribution < 1.29 is 23.9 Å². The molecule has 1 atom stereocenters. The quantitative estimate of drug-likeness (QED) is 0.437. The summed E-state index contributed by atoms with van der Waals surface area (Å²) >= 11 is 0. The number of imide groups is 1. The first-order chi connectivity index (χ1) is 16.3. The van der Waals surface area contributed by atoms with Crippen LogP contribution in [0.15, 0.2) is 66.7 Å². The number of anilines is 1. The van der Waals surface area contributed by atoms with Crippen molar-refractivity contribution in [2.45, 2.75) is 26.8 Å². The lowest BCUT2D eigenvalue weighted by atomic mass is 10.1. The molecule has 1 aliphatic rings. The summed E-state index contributed by atoms with van der Waals surface area (Å²) in [6.45, 7) is 5.13. The van der Waals surface area contributed by atoms with Crippen LogP contribution in [0.25, 0.3) is 0 Å². The van der Waals surface area contributed by atoms with Gasteiger partial charge in [0.2, 0.25) is 0 Å². The third kappa shape index (κ3) is 4.32. The lowest BCUT2D eigenvalue weighted by Crippen LogP contribution is -2.32. The maximum Gasteiger partial charge on any atom is 0.338 e. The van der Waals surface area contributed by atoms with Gasteiger partial charge in [0.1, 0.15) is 0 Å². The minimum atomic E-state index is -0.756. The maximum absolute atomic E-state index is 13.0. The number of carbonyl (C=O) groups excluding carboxylic acids is 4. The highest BCUT2D eigenvalue weighted by Crippen LogP contribution is 2.31. The van der Waals surface area contributed by atoms with E-state index in [2.05, 4.69) is 5.32 Å². The summed E-state index contributed by atoms with van der Waals surface area (Å²) in [5.41, 5.74) is 3.90. The highest BCUT2D eigenvalue weighted by atomic mass is 16.5. The van der Waals surface area contributed by atoms with Crippen LogP contribution >= 0.6 is 0 Å². The van der Waals surface area contributed by atoms with Crippen LogP contribution in [0, 0.1) is 13.8 Å². The number of nitrogens with one attached hydrogen (secondary N) is 1. The van der Waals surface area contributed by atoms with Crippen molar-refractivity contribution in [3.05, 3.63) is 100 Å². The van der Waals surface area contributed by atoms with E-state index >= 15 is 0 Å². The predicted molar refractivity (Wildman–Crippen MR) is 127 cm³/mol. The number of ether oxygens (including phenoxy) is 1. The summed E-state index contributed by atoms with van der Waals surface area (Å²) in [6, 6.07) is 18.5. The Kier molecular flexibility index (Phi) is 6.27. The van der Waals surface area contributed by atoms with E-state index < -0.39 is 36.3 Å². The Balaban J connectivity index is 1.44. The number of nitrogens with zero attached hydrogens (tertiary/aromatic N) is 1. The molecule has 4 rings (SSSR count). The summed E-state index contributed by atoms with van der Waals surface area (Å²) < 4.78 is 5.14. The molecule has 3 aromatic carbocycles. The van der Waals surface area contributed by atoms with Gasteiger partial charge in [0, 0.05) is 5.69 Å². The van der Waals surface area contributed by atoms with Crippen LogP contribution in [0.1, 0.15) is 60.7 Å². The number of aryl methyl sites for hydroxylation is 1. The van der Waals surface area contributed by atoms with Gasteiger partial charge in [0.05, 0.1) is 22.7 Å². The Labute approximate surface area is 197 Å². The molecular weight excluding hydrogens is 432 g/mol. The van der Waals surface area contributed by atoms with E-state index in [9.17, 15) is 19.2 Å². The topological polar surface area (TPSA) is 92.8 Å². The lowest BCUT2D eigenvalue weighted by molar-refractivity contribution is -0.119. The average molecular weight is 456 g/mol. The van der Waals surface area contributed by atoms with Crippen molar-refractivity contribution in [1.29, 1.82) is 0 Å². The second-order valence-corrected chi connectivity index (χ2v) is 8.20. The number of benzene rings is 3. The molecule has 0 saturated carbocycles. The van der Waals surface area contributed by atoms with Crippen LogP contribution in [0.5, 0.6) is 0 Å². The van der Waals surface area contributed by atoms with E-state index in [1.165, 1.54) is 23.1 Å². The number of amides is 3. The van der Waals surface area contributed by atoms with Gasteiger partial charge in [-0.1, -0.05) is 42.5 Å². The second-order valence-electron chi connectivity index (χ2n) is 8.20. The minimum absolute atomic E-state index is 0.0913. The standard InChI is InChI=1S/C27H24N2O5/c1-16-8-7-11-23(17(16)2)28-24(30)15-34-27(33)20-12-13-21-22(14-20)26(32)29(25(21)31)18(3)19-9-5-4-6-10-19/h4-14,18H,15H2,1-3H3,(H,28,30)/t18-/m1/s1. The average Bonchev–Trinajstić information content (AvgIpc) is 3.09. The largest absolute Gasteiger partial charge is 0.452 e. The van der Waals surface area contributed by atoms with Gasteiger partial charge in [0.25, 0.3) is 17.7 Å². The molecule has 7 nitrogen and oxygen atoms in total. The van der Waals surface area contributed by atoms with Crippen LogP contribution in [-0.2, 0) is 9.53 Å². The van der Waals surface area contributed by atoms with E-state index in [0.29, 0.717) is 5.69 Å². The molecule has 0 bridgehead atoms. The summed E-state index contributed by atoms with van der Waals surface area (Å²) in [6.07, 6.45) is 0. The van der Waals surface area contributed by atoms with Gasteiger partial charge in [-0.25, -0.2) is 4.79 Å². The number of esters is 1. The molecule has 34 heavy (non-hydrogen) atoms. The van der Waals surface area contributed by atoms with Gasteiger partial charge in [-0.3, -0.25) is 19.3 Å². The van der Waals surface area contributed by atoms with Gasteiger partial charge in [-0.05, 0) is 61.7 Å². The zero-order valence-corrected chi connectivity index (χ0v) is 19.1. The Bertz CT molecular complexity index is 1300. The molecule has 1 aliphatic heterocycles. The Hall–Kier alpha value is -4.26. The first kappa shape index (κ1) is 22.9. The third-order valence-electron chi connectivity index (χ3n) is 6.04. The first-order valence-electron chi connectivity index (χ1n) is 10.9. The van der Waals surface area contributed by atoms with Gasteiger partial charge in [-0.15, -0.1) is 0 Å². The molecule has 172 valence electrons. The Morgan fingerprint density at radius 1 is 0.912 bits per heavy atom. The number of hydrogen-bond acceptors (Lipinski definition) is 5. The molecule has 1 heterocycles. The molecule has 0 fully saturated rings. The van der Waals surface area contributed by atoms with Crippen LogP contribution in [0.3, 0.4) is 0 Å². The Morgan fingerprint density at radius 2 is 1.62 bits per heavy atom. The molecule has 3 amide bonds. The van der Waals surface area contributed by atoms with E-state index in [-0.39, 0.29) is 16.7 Å². The fraction of sp³-hybridized carbons (Fsp3) is 0.185. The molecule has 0 unspecified atom stereocenters. The van der Waals surface area contributed by atoms with E-state index in [1.807, 2.05) is 56.3 Å². The highest BCUT2D eigenvalue weighted by molar-refractivity contribution is 6.22. The van der Waals surface area contributed by atoms with Crippen LogP contribution in [-0.4, -0.2) is 35.2 Å². The normalized spacial score (nSPS) is 13.4. The molecule has 0 spiro atoms. The predicted octanol–water partition coefficient (Wildman–Crippen LogP) is 4.46. The lowest BCUT2D eigenvalue weighted by Gasteiger charge is -2.22. The van der Waals surface area contributed by atoms with E-state index in [0.717, 1.165) is 16.7 Å². The molecule has 0 aromatic heterocycles. The molecule has 3 aromatic rings. The van der Waals surface area contributed by atoms with Crippen molar-refractivity contribution in [2.24, 2.45) is 0 Å². The Morgan fingerprint density at radius 3 is 2.35 bits per heavy atom. The summed E-state index contributed by atoms with van der Waals surface area (Å²) in [5.74, 6) is -2.12. The highest BCUT2D eigenvalue weighted by Gasteiger charge is 2.39. The molecular formula is C27H24N2O5. The van der Waals surface area contributed by atoms with Gasteiger partial charge >= 0.3 is 5.97 Å². The SMILES string of the molecule is Cc1cccc(NC(=O)COC(=O)c2ccc3c(c2)C(=O)N([C@H](C)c2ccccc2)C3=O)c1C. The van der Waals surface area contributed by atoms with Crippen molar-refractivity contribution in [1.82, 2.24) is 4.90 Å². The molecule has 0 aliphatic carbocycles. The second kappa shape index (κ2) is 9.31. The van der Waals surface area contributed by atoms with Crippen molar-refractivity contribution in [3.63, 3.8) is 0 Å². The maximum atomic E-state index is 13.0. The smallest absolute Gasteiger partial charge is 0.338 e. The number of carbonyl (C=O) groups is 4. The summed E-state index contributed by atoms with van der Waals surface area (Å²) in [7, 11) is 0. The fourth-order valence-corrected chi connectivity index (χ4v) is 3.91. The minimum Gasteiger partial charge on any atom is -0.452 e. The first-order valence-corrected chi connectivity index (χ1v) is 10.9. The van der Waals surface area contributed by atoms with Crippen LogP contribution in [0.2, 0.25) is 0 Å². The van der Waals surface area contributed by atoms with E-state index in [4.69, 9.17) is 4.74 Å². The number of hydrogen-bond donors (Lipinski definition) is 1. The zero-order chi connectivity index (χ0) is 24.4. The monoisotopic (exact) mass is 456 g/mol. The third-order valence-corrected chi connectivity index (χ3v) is 6.04. The fourth-order valence-electron chi connectivity index (χ4n) is 3.91.